The molecule has 2 heteroatoms. The zero-order valence-corrected chi connectivity index (χ0v) is 9.88. The summed E-state index contributed by atoms with van der Waals surface area (Å²) in [5.74, 6) is 1.75. The van der Waals surface area contributed by atoms with E-state index < -0.39 is 0 Å². The fraction of sp³-hybridized carbons (Fsp3) is 1.00. The number of nitrogens with one attached hydrogen (secondary N) is 1. The number of ether oxygens (including phenoxy) is 1. The van der Waals surface area contributed by atoms with Gasteiger partial charge in [-0.05, 0) is 44.1 Å². The van der Waals surface area contributed by atoms with E-state index in [0.717, 1.165) is 31.0 Å². The van der Waals surface area contributed by atoms with Crippen molar-refractivity contribution >= 4 is 0 Å². The number of hydrogen-bond acceptors (Lipinski definition) is 2. The van der Waals surface area contributed by atoms with Crippen LogP contribution in [0.15, 0.2) is 0 Å². The van der Waals surface area contributed by atoms with Gasteiger partial charge >= 0.3 is 0 Å². The maximum Gasteiger partial charge on any atom is 0.0462 e. The third-order valence-corrected chi connectivity index (χ3v) is 3.00. The average Bonchev–Trinajstić information content (AvgIpc) is 2.94. The van der Waals surface area contributed by atoms with Gasteiger partial charge in [0.05, 0.1) is 0 Å². The van der Waals surface area contributed by atoms with Crippen molar-refractivity contribution < 1.29 is 4.74 Å². The highest BCUT2D eigenvalue weighted by molar-refractivity contribution is 4.88. The summed E-state index contributed by atoms with van der Waals surface area (Å²) in [6, 6.07) is 0.762. The summed E-state index contributed by atoms with van der Waals surface area (Å²) in [5, 5.41) is 3.68. The van der Waals surface area contributed by atoms with Crippen LogP contribution in [0.4, 0.5) is 0 Å². The fourth-order valence-corrected chi connectivity index (χ4v) is 2.04. The highest BCUT2D eigenvalue weighted by Crippen LogP contribution is 2.35. The minimum absolute atomic E-state index is 0.762. The van der Waals surface area contributed by atoms with Gasteiger partial charge in [-0.3, -0.25) is 0 Å². The predicted molar refractivity (Wildman–Crippen MR) is 60.5 cm³/mol. The molecule has 0 heterocycles. The van der Waals surface area contributed by atoms with Crippen LogP contribution in [-0.4, -0.2) is 26.3 Å². The summed E-state index contributed by atoms with van der Waals surface area (Å²) in [4.78, 5) is 0. The van der Waals surface area contributed by atoms with Crippen LogP contribution in [0.2, 0.25) is 0 Å². The molecule has 1 rings (SSSR count). The van der Waals surface area contributed by atoms with Crippen molar-refractivity contribution in [1.82, 2.24) is 5.32 Å². The Balaban J connectivity index is 2.02. The minimum atomic E-state index is 0.762. The molecular formula is C12H25NO. The first-order chi connectivity index (χ1) is 6.75. The molecule has 1 fully saturated rings. The molecule has 0 aromatic carbocycles. The van der Waals surface area contributed by atoms with Gasteiger partial charge in [0.2, 0.25) is 0 Å². The Morgan fingerprint density at radius 2 is 2.00 bits per heavy atom. The van der Waals surface area contributed by atoms with Crippen molar-refractivity contribution in [3.8, 4) is 0 Å². The van der Waals surface area contributed by atoms with Crippen LogP contribution in [0.1, 0.15) is 39.5 Å². The van der Waals surface area contributed by atoms with E-state index in [-0.39, 0.29) is 0 Å². The highest BCUT2D eigenvalue weighted by Gasteiger charge is 2.32. The van der Waals surface area contributed by atoms with Gasteiger partial charge in [0.15, 0.2) is 0 Å². The quantitative estimate of drug-likeness (QED) is 0.606. The number of methoxy groups -OCH3 is 1. The van der Waals surface area contributed by atoms with E-state index in [2.05, 4.69) is 19.2 Å². The Morgan fingerprint density at radius 1 is 1.29 bits per heavy atom. The molecule has 1 aliphatic carbocycles. The molecule has 1 saturated carbocycles. The summed E-state index contributed by atoms with van der Waals surface area (Å²) in [6.07, 6.45) is 5.30. The molecule has 0 aromatic rings. The molecule has 84 valence electrons. The van der Waals surface area contributed by atoms with Gasteiger partial charge in [0.1, 0.15) is 0 Å². The number of hydrogen-bond donors (Lipinski definition) is 1. The molecule has 0 aliphatic heterocycles. The van der Waals surface area contributed by atoms with E-state index in [9.17, 15) is 0 Å². The van der Waals surface area contributed by atoms with Crippen LogP contribution in [-0.2, 0) is 4.74 Å². The lowest BCUT2D eigenvalue weighted by molar-refractivity contribution is 0.191. The monoisotopic (exact) mass is 199 g/mol. The maximum absolute atomic E-state index is 5.03. The van der Waals surface area contributed by atoms with Crippen LogP contribution in [0, 0.1) is 11.8 Å². The molecule has 1 aliphatic rings. The van der Waals surface area contributed by atoms with Crippen molar-refractivity contribution in [1.29, 1.82) is 0 Å². The highest BCUT2D eigenvalue weighted by atomic mass is 16.5. The maximum atomic E-state index is 5.03. The van der Waals surface area contributed by atoms with Crippen molar-refractivity contribution in [3.05, 3.63) is 0 Å². The average molecular weight is 199 g/mol. The molecule has 0 saturated heterocycles. The normalized spacial score (nSPS) is 18.9. The molecule has 0 spiro atoms. The first kappa shape index (κ1) is 12.0. The molecule has 1 N–H and O–H groups in total. The molecular weight excluding hydrogens is 174 g/mol. The Bertz CT molecular complexity index is 141. The van der Waals surface area contributed by atoms with Crippen molar-refractivity contribution in [2.45, 2.75) is 45.6 Å². The van der Waals surface area contributed by atoms with Crippen LogP contribution in [0.5, 0.6) is 0 Å². The van der Waals surface area contributed by atoms with Crippen molar-refractivity contribution in [2.24, 2.45) is 11.8 Å². The van der Waals surface area contributed by atoms with Crippen LogP contribution >= 0.6 is 0 Å². The second kappa shape index (κ2) is 6.41. The lowest BCUT2D eigenvalue weighted by Gasteiger charge is -2.22. The van der Waals surface area contributed by atoms with E-state index in [1.807, 2.05) is 0 Å². The largest absolute Gasteiger partial charge is 0.385 e. The summed E-state index contributed by atoms with van der Waals surface area (Å²) < 4.78 is 5.03. The van der Waals surface area contributed by atoms with Crippen molar-refractivity contribution in [2.75, 3.05) is 20.3 Å². The molecule has 0 bridgehead atoms. The molecule has 1 atom stereocenters. The zero-order chi connectivity index (χ0) is 10.4. The van der Waals surface area contributed by atoms with E-state index in [1.54, 1.807) is 7.11 Å². The fourth-order valence-electron chi connectivity index (χ4n) is 2.04. The molecule has 1 unspecified atom stereocenters. The third kappa shape index (κ3) is 4.43. The van der Waals surface area contributed by atoms with E-state index in [0.29, 0.717) is 0 Å². The van der Waals surface area contributed by atoms with Gasteiger partial charge in [0, 0.05) is 19.8 Å². The van der Waals surface area contributed by atoms with Gasteiger partial charge in [0.25, 0.3) is 0 Å². The number of rotatable bonds is 8. The summed E-state index contributed by atoms with van der Waals surface area (Å²) >= 11 is 0. The molecule has 0 radical (unpaired) electrons. The van der Waals surface area contributed by atoms with Gasteiger partial charge in [-0.25, -0.2) is 0 Å². The predicted octanol–water partition coefficient (Wildman–Crippen LogP) is 2.44. The zero-order valence-electron chi connectivity index (χ0n) is 9.88. The lowest BCUT2D eigenvalue weighted by Crippen LogP contribution is -2.36. The van der Waals surface area contributed by atoms with E-state index in [4.69, 9.17) is 4.74 Å². The van der Waals surface area contributed by atoms with Gasteiger partial charge in [-0.1, -0.05) is 13.8 Å². The summed E-state index contributed by atoms with van der Waals surface area (Å²) in [5.41, 5.74) is 0. The topological polar surface area (TPSA) is 21.3 Å². The molecule has 14 heavy (non-hydrogen) atoms. The Morgan fingerprint density at radius 3 is 2.50 bits per heavy atom. The van der Waals surface area contributed by atoms with Crippen LogP contribution in [0.25, 0.3) is 0 Å². The first-order valence-electron chi connectivity index (χ1n) is 5.98. The standard InChI is InChI=1S/C12H25NO/c1-10(2)12(11-6-7-11)13-8-4-5-9-14-3/h10-13H,4-9H2,1-3H3. The Hall–Kier alpha value is -0.0800. The van der Waals surface area contributed by atoms with E-state index >= 15 is 0 Å². The van der Waals surface area contributed by atoms with Crippen LogP contribution < -0.4 is 5.32 Å². The second-order valence-corrected chi connectivity index (χ2v) is 4.76. The smallest absolute Gasteiger partial charge is 0.0462 e. The molecule has 2 nitrogen and oxygen atoms in total. The molecule has 0 aromatic heterocycles. The Labute approximate surface area is 88.4 Å². The minimum Gasteiger partial charge on any atom is -0.385 e. The second-order valence-electron chi connectivity index (χ2n) is 4.76. The lowest BCUT2D eigenvalue weighted by atomic mass is 9.99. The van der Waals surface area contributed by atoms with E-state index in [1.165, 1.54) is 25.7 Å². The van der Waals surface area contributed by atoms with Gasteiger partial charge in [-0.2, -0.15) is 0 Å². The van der Waals surface area contributed by atoms with Gasteiger partial charge in [-0.15, -0.1) is 0 Å². The summed E-state index contributed by atoms with van der Waals surface area (Å²) in [7, 11) is 1.77. The van der Waals surface area contributed by atoms with Crippen molar-refractivity contribution in [3.63, 3.8) is 0 Å². The summed E-state index contributed by atoms with van der Waals surface area (Å²) in [6.45, 7) is 6.70. The Kier molecular flexibility index (Phi) is 5.49. The number of unbranched alkanes of at least 4 members (excludes halogenated alkanes) is 1. The SMILES string of the molecule is COCCCCNC(C(C)C)C1CC1. The first-order valence-corrected chi connectivity index (χ1v) is 5.98. The molecule has 0 amide bonds. The van der Waals surface area contributed by atoms with Crippen LogP contribution in [0.3, 0.4) is 0 Å². The third-order valence-electron chi connectivity index (χ3n) is 3.00. The van der Waals surface area contributed by atoms with Gasteiger partial charge < -0.3 is 10.1 Å².